The van der Waals surface area contributed by atoms with Crippen LogP contribution in [0.3, 0.4) is 0 Å². The van der Waals surface area contributed by atoms with Crippen LogP contribution in [0.2, 0.25) is 5.02 Å². The molecule has 1 aromatic carbocycles. The van der Waals surface area contributed by atoms with E-state index in [0.717, 1.165) is 0 Å². The van der Waals surface area contributed by atoms with Crippen molar-refractivity contribution in [2.75, 3.05) is 18.8 Å². The maximum absolute atomic E-state index is 12.1. The van der Waals surface area contributed by atoms with Crippen LogP contribution in [0.1, 0.15) is 10.4 Å². The van der Waals surface area contributed by atoms with Crippen molar-refractivity contribution in [1.82, 2.24) is 4.90 Å². The molecule has 2 rings (SSSR count). The number of nitrogens with zero attached hydrogens (tertiary/aromatic N) is 1. The van der Waals surface area contributed by atoms with E-state index in [1.165, 1.54) is 11.0 Å². The number of halogens is 1. The molecule has 1 saturated heterocycles. The number of hydrogen-bond donors (Lipinski definition) is 3. The Morgan fingerprint density at radius 1 is 1.35 bits per heavy atom. The van der Waals surface area contributed by atoms with Gasteiger partial charge in [0.05, 0.1) is 17.8 Å². The van der Waals surface area contributed by atoms with Crippen molar-refractivity contribution in [2.24, 2.45) is 0 Å². The topological polar surface area (TPSA) is 86.8 Å². The summed E-state index contributed by atoms with van der Waals surface area (Å²) in [7, 11) is 0. The van der Waals surface area contributed by atoms with Crippen molar-refractivity contribution in [3.63, 3.8) is 0 Å². The third kappa shape index (κ3) is 2.36. The quantitative estimate of drug-likeness (QED) is 0.622. The van der Waals surface area contributed by atoms with Crippen molar-refractivity contribution < 1.29 is 15.0 Å². The molecule has 0 bridgehead atoms. The number of amides is 1. The lowest BCUT2D eigenvalue weighted by molar-refractivity contribution is 0.0572. The molecular formula is C11H13ClN2O3. The molecule has 0 aromatic heterocycles. The molecule has 5 nitrogen and oxygen atoms in total. The zero-order valence-electron chi connectivity index (χ0n) is 9.01. The number of rotatable bonds is 1. The van der Waals surface area contributed by atoms with Gasteiger partial charge in [0, 0.05) is 23.8 Å². The fourth-order valence-corrected chi connectivity index (χ4v) is 1.99. The standard InChI is InChI=1S/C11H13ClN2O3/c12-6-1-2-8(13)7(3-6)11(17)14-4-9(15)10(16)5-14/h1-3,9-10,15-16H,4-5,13H2/t9-,10+. The molecule has 1 aromatic rings. The number of benzene rings is 1. The van der Waals surface area contributed by atoms with Gasteiger partial charge in [0.15, 0.2) is 0 Å². The zero-order valence-corrected chi connectivity index (χ0v) is 9.76. The Balaban J connectivity index is 2.23. The van der Waals surface area contributed by atoms with Gasteiger partial charge in [0.1, 0.15) is 0 Å². The summed E-state index contributed by atoms with van der Waals surface area (Å²) in [6, 6.07) is 4.64. The molecule has 0 spiro atoms. The summed E-state index contributed by atoms with van der Waals surface area (Å²) >= 11 is 5.80. The van der Waals surface area contributed by atoms with E-state index in [1.54, 1.807) is 12.1 Å². The molecule has 17 heavy (non-hydrogen) atoms. The van der Waals surface area contributed by atoms with Gasteiger partial charge in [-0.15, -0.1) is 0 Å². The SMILES string of the molecule is Nc1ccc(Cl)cc1C(=O)N1C[C@@H](O)[C@@H](O)C1. The van der Waals surface area contributed by atoms with E-state index in [0.29, 0.717) is 16.3 Å². The van der Waals surface area contributed by atoms with Gasteiger partial charge in [0.25, 0.3) is 5.91 Å². The minimum Gasteiger partial charge on any atom is -0.398 e. The minimum absolute atomic E-state index is 0.103. The van der Waals surface area contributed by atoms with E-state index in [1.807, 2.05) is 0 Å². The van der Waals surface area contributed by atoms with Crippen LogP contribution in [0.5, 0.6) is 0 Å². The second kappa shape index (κ2) is 4.52. The summed E-state index contributed by atoms with van der Waals surface area (Å²) in [5, 5.41) is 19.2. The summed E-state index contributed by atoms with van der Waals surface area (Å²) < 4.78 is 0. The van der Waals surface area contributed by atoms with Gasteiger partial charge in [-0.1, -0.05) is 11.6 Å². The highest BCUT2D eigenvalue weighted by atomic mass is 35.5. The Labute approximate surface area is 103 Å². The normalized spacial score (nSPS) is 24.1. The van der Waals surface area contributed by atoms with Crippen LogP contribution in [0.25, 0.3) is 0 Å². The fraction of sp³-hybridized carbons (Fsp3) is 0.364. The van der Waals surface area contributed by atoms with Crippen molar-refractivity contribution in [1.29, 1.82) is 0 Å². The number of β-amino-alcohol motifs (C(OH)–C–C–N with tert-alkyl or cyclic N) is 2. The number of nitrogen functional groups attached to an aromatic ring is 1. The Morgan fingerprint density at radius 3 is 2.53 bits per heavy atom. The first-order chi connectivity index (χ1) is 7.99. The summed E-state index contributed by atoms with van der Waals surface area (Å²) in [6.45, 7) is 0.206. The molecule has 0 aliphatic carbocycles. The lowest BCUT2D eigenvalue weighted by Crippen LogP contribution is -2.30. The molecule has 1 amide bonds. The third-order valence-electron chi connectivity index (χ3n) is 2.79. The van der Waals surface area contributed by atoms with Crippen molar-refractivity contribution in [3.8, 4) is 0 Å². The van der Waals surface area contributed by atoms with E-state index in [-0.39, 0.29) is 19.0 Å². The maximum atomic E-state index is 12.1. The number of carbonyl (C=O) groups excluding carboxylic acids is 1. The van der Waals surface area contributed by atoms with Gasteiger partial charge in [-0.25, -0.2) is 0 Å². The lowest BCUT2D eigenvalue weighted by atomic mass is 10.1. The monoisotopic (exact) mass is 256 g/mol. The van der Waals surface area contributed by atoms with Crippen LogP contribution in [0.4, 0.5) is 5.69 Å². The first-order valence-corrected chi connectivity index (χ1v) is 5.57. The number of carbonyl (C=O) groups is 1. The number of likely N-dealkylation sites (tertiary alicyclic amines) is 1. The smallest absolute Gasteiger partial charge is 0.256 e. The van der Waals surface area contributed by atoms with E-state index in [2.05, 4.69) is 0 Å². The molecule has 1 fully saturated rings. The second-order valence-electron chi connectivity index (χ2n) is 4.08. The molecular weight excluding hydrogens is 244 g/mol. The molecule has 4 N–H and O–H groups in total. The number of aliphatic hydroxyl groups is 2. The minimum atomic E-state index is -0.903. The van der Waals surface area contributed by atoms with Crippen LogP contribution >= 0.6 is 11.6 Å². The first-order valence-electron chi connectivity index (χ1n) is 5.19. The molecule has 92 valence electrons. The van der Waals surface area contributed by atoms with Gasteiger partial charge >= 0.3 is 0 Å². The molecule has 1 aliphatic rings. The summed E-state index contributed by atoms with van der Waals surface area (Å²) in [5.41, 5.74) is 6.32. The molecule has 2 atom stereocenters. The fourth-order valence-electron chi connectivity index (χ4n) is 1.82. The number of anilines is 1. The Hall–Kier alpha value is -1.30. The molecule has 6 heteroatoms. The average Bonchev–Trinajstić information content (AvgIpc) is 2.62. The second-order valence-corrected chi connectivity index (χ2v) is 4.51. The molecule has 0 unspecified atom stereocenters. The van der Waals surface area contributed by atoms with Crippen molar-refractivity contribution in [2.45, 2.75) is 12.2 Å². The van der Waals surface area contributed by atoms with Crippen molar-refractivity contribution in [3.05, 3.63) is 28.8 Å². The molecule has 1 heterocycles. The maximum Gasteiger partial charge on any atom is 0.256 e. The summed E-state index contributed by atoms with van der Waals surface area (Å²) in [6.07, 6.45) is -1.81. The van der Waals surface area contributed by atoms with E-state index in [4.69, 9.17) is 17.3 Å². The highest BCUT2D eigenvalue weighted by Crippen LogP contribution is 2.21. The van der Waals surface area contributed by atoms with Crippen LogP contribution in [0.15, 0.2) is 18.2 Å². The van der Waals surface area contributed by atoms with Gasteiger partial charge in [-0.2, -0.15) is 0 Å². The Kier molecular flexibility index (Phi) is 3.24. The van der Waals surface area contributed by atoms with E-state index in [9.17, 15) is 15.0 Å². The Bertz CT molecular complexity index is 442. The largest absolute Gasteiger partial charge is 0.398 e. The van der Waals surface area contributed by atoms with Crippen LogP contribution in [0, 0.1) is 0 Å². The van der Waals surface area contributed by atoms with Crippen LogP contribution < -0.4 is 5.73 Å². The highest BCUT2D eigenvalue weighted by Gasteiger charge is 2.33. The van der Waals surface area contributed by atoms with E-state index >= 15 is 0 Å². The predicted octanol–water partition coefficient (Wildman–Crippen LogP) is 0.0998. The zero-order chi connectivity index (χ0) is 12.6. The number of nitrogens with two attached hydrogens (primary N) is 1. The molecule has 1 aliphatic heterocycles. The van der Waals surface area contributed by atoms with Gasteiger partial charge in [-0.3, -0.25) is 4.79 Å². The van der Waals surface area contributed by atoms with Crippen molar-refractivity contribution >= 4 is 23.2 Å². The van der Waals surface area contributed by atoms with Crippen LogP contribution in [-0.2, 0) is 0 Å². The molecule has 0 saturated carbocycles. The average molecular weight is 257 g/mol. The number of hydrogen-bond acceptors (Lipinski definition) is 4. The first kappa shape index (κ1) is 12.2. The highest BCUT2D eigenvalue weighted by molar-refractivity contribution is 6.31. The Morgan fingerprint density at radius 2 is 1.94 bits per heavy atom. The van der Waals surface area contributed by atoms with Gasteiger partial charge in [-0.05, 0) is 18.2 Å². The number of aliphatic hydroxyl groups excluding tert-OH is 2. The summed E-state index contributed by atoms with van der Waals surface area (Å²) in [5.74, 6) is -0.333. The van der Waals surface area contributed by atoms with E-state index < -0.39 is 12.2 Å². The molecule has 0 radical (unpaired) electrons. The predicted molar refractivity (Wildman–Crippen MR) is 63.8 cm³/mol. The summed E-state index contributed by atoms with van der Waals surface area (Å²) in [4.78, 5) is 13.4. The van der Waals surface area contributed by atoms with Crippen LogP contribution in [-0.4, -0.2) is 46.3 Å². The lowest BCUT2D eigenvalue weighted by Gasteiger charge is -2.16. The third-order valence-corrected chi connectivity index (χ3v) is 3.03. The van der Waals surface area contributed by atoms with Gasteiger partial charge in [0.2, 0.25) is 0 Å². The van der Waals surface area contributed by atoms with Gasteiger partial charge < -0.3 is 20.8 Å².